The minimum atomic E-state index is -4.86. The van der Waals surface area contributed by atoms with Crippen LogP contribution < -0.4 is 20.7 Å². The minimum absolute atomic E-state index is 0.204. The second-order valence-electron chi connectivity index (χ2n) is 7.71. The number of carbonyl (C=O) groups excluding carboxylic acids is 2. The Labute approximate surface area is 200 Å². The highest BCUT2D eigenvalue weighted by Crippen LogP contribution is 2.25. The Hall–Kier alpha value is -3.83. The van der Waals surface area contributed by atoms with E-state index < -0.39 is 36.5 Å². The Morgan fingerprint density at radius 1 is 1.09 bits per heavy atom. The van der Waals surface area contributed by atoms with E-state index >= 15 is 0 Å². The van der Waals surface area contributed by atoms with Crippen molar-refractivity contribution in [3.63, 3.8) is 0 Å². The third-order valence-corrected chi connectivity index (χ3v) is 4.73. The van der Waals surface area contributed by atoms with Crippen LogP contribution in [0.5, 0.6) is 5.75 Å². The fourth-order valence-corrected chi connectivity index (χ4v) is 3.10. The molecule has 2 aromatic rings. The number of carbonyl (C=O) groups is 3. The number of carboxylic acids is 1. The molecule has 0 aliphatic rings. The van der Waals surface area contributed by atoms with Gasteiger partial charge in [0.1, 0.15) is 11.6 Å². The molecule has 1 heterocycles. The average molecular weight is 496 g/mol. The Balaban J connectivity index is 1.74. The third kappa shape index (κ3) is 11.2. The van der Waals surface area contributed by atoms with Gasteiger partial charge in [0.15, 0.2) is 0 Å². The first-order chi connectivity index (χ1) is 16.5. The molecular weight excluding hydrogens is 469 g/mol. The molecule has 12 heteroatoms. The quantitative estimate of drug-likeness (QED) is 0.313. The van der Waals surface area contributed by atoms with E-state index in [0.29, 0.717) is 19.4 Å². The number of nitrogens with zero attached hydrogens (tertiary/aromatic N) is 1. The van der Waals surface area contributed by atoms with Gasteiger partial charge in [0.25, 0.3) is 0 Å². The molecule has 9 nitrogen and oxygen atoms in total. The number of carboxylic acid groups (broad SMARTS) is 1. The van der Waals surface area contributed by atoms with Crippen LogP contribution in [0.4, 0.5) is 19.0 Å². The number of hydrogen-bond acceptors (Lipinski definition) is 6. The Kier molecular flexibility index (Phi) is 10.3. The standard InChI is InChI=1S/C23H27F3N4O5/c1-15-9-11-28-19(12-15)27-10-3-2-4-20(31)29-14-21(32)30-18(13-22(33)34)16-5-7-17(8-6-16)35-23(24,25)26/h5-9,11-12,18H,2-4,10,13-14H2,1H3,(H,27,28)(H,29,31)(H,30,32)(H,33,34). The lowest BCUT2D eigenvalue weighted by Gasteiger charge is -2.18. The van der Waals surface area contributed by atoms with Crippen molar-refractivity contribution in [1.82, 2.24) is 15.6 Å². The largest absolute Gasteiger partial charge is 0.573 e. The lowest BCUT2D eigenvalue weighted by molar-refractivity contribution is -0.274. The highest BCUT2D eigenvalue weighted by Gasteiger charge is 2.31. The van der Waals surface area contributed by atoms with Crippen LogP contribution in [0.1, 0.15) is 42.9 Å². The molecule has 1 aromatic carbocycles. The lowest BCUT2D eigenvalue weighted by Crippen LogP contribution is -2.39. The van der Waals surface area contributed by atoms with Gasteiger partial charge in [0.05, 0.1) is 19.0 Å². The molecular formula is C23H27F3N4O5. The van der Waals surface area contributed by atoms with Crippen molar-refractivity contribution in [2.24, 2.45) is 0 Å². The summed E-state index contributed by atoms with van der Waals surface area (Å²) in [6.45, 7) is 2.23. The number of rotatable bonds is 13. The molecule has 1 atom stereocenters. The van der Waals surface area contributed by atoms with Crippen LogP contribution in [0.15, 0.2) is 42.6 Å². The number of anilines is 1. The number of alkyl halides is 3. The molecule has 1 unspecified atom stereocenters. The maximum absolute atomic E-state index is 12.3. The molecule has 190 valence electrons. The van der Waals surface area contributed by atoms with Crippen molar-refractivity contribution < 1.29 is 37.4 Å². The number of aliphatic carboxylic acids is 1. The van der Waals surface area contributed by atoms with E-state index in [2.05, 4.69) is 25.7 Å². The Morgan fingerprint density at radius 2 is 1.80 bits per heavy atom. The molecule has 4 N–H and O–H groups in total. The SMILES string of the molecule is Cc1ccnc(NCCCCC(=O)NCC(=O)NC(CC(=O)O)c2ccc(OC(F)(F)F)cc2)c1. The molecule has 35 heavy (non-hydrogen) atoms. The molecule has 0 fully saturated rings. The number of halogens is 3. The van der Waals surface area contributed by atoms with Crippen molar-refractivity contribution in [2.75, 3.05) is 18.4 Å². The van der Waals surface area contributed by atoms with Crippen LogP contribution in [-0.2, 0) is 14.4 Å². The summed E-state index contributed by atoms with van der Waals surface area (Å²) in [5, 5.41) is 17.2. The van der Waals surface area contributed by atoms with Gasteiger partial charge in [-0.1, -0.05) is 12.1 Å². The summed E-state index contributed by atoms with van der Waals surface area (Å²) in [6, 6.07) is 7.30. The number of amides is 2. The van der Waals surface area contributed by atoms with Crippen LogP contribution in [-0.4, -0.2) is 47.3 Å². The van der Waals surface area contributed by atoms with Crippen LogP contribution in [0.25, 0.3) is 0 Å². The number of hydrogen-bond donors (Lipinski definition) is 4. The molecule has 2 amide bonds. The first kappa shape index (κ1) is 27.4. The number of ether oxygens (including phenoxy) is 1. The second-order valence-corrected chi connectivity index (χ2v) is 7.71. The zero-order valence-electron chi connectivity index (χ0n) is 19.0. The van der Waals surface area contributed by atoms with Crippen LogP contribution >= 0.6 is 0 Å². The number of nitrogens with one attached hydrogen (secondary N) is 3. The van der Waals surface area contributed by atoms with Gasteiger partial charge in [-0.05, 0) is 55.2 Å². The summed E-state index contributed by atoms with van der Waals surface area (Å²) in [5.41, 5.74) is 1.36. The summed E-state index contributed by atoms with van der Waals surface area (Å²) < 4.78 is 40.7. The Morgan fingerprint density at radius 3 is 2.43 bits per heavy atom. The number of pyridine rings is 1. The smallest absolute Gasteiger partial charge is 0.481 e. The van der Waals surface area contributed by atoms with E-state index in [4.69, 9.17) is 5.11 Å². The summed E-state index contributed by atoms with van der Waals surface area (Å²) in [6.07, 6.45) is -2.15. The van der Waals surface area contributed by atoms with Gasteiger partial charge >= 0.3 is 12.3 Å². The summed E-state index contributed by atoms with van der Waals surface area (Å²) in [5.74, 6) is -1.90. The minimum Gasteiger partial charge on any atom is -0.481 e. The topological polar surface area (TPSA) is 130 Å². The van der Waals surface area contributed by atoms with E-state index in [1.54, 1.807) is 6.20 Å². The first-order valence-corrected chi connectivity index (χ1v) is 10.8. The normalized spacial score (nSPS) is 11.9. The molecule has 2 rings (SSSR count). The summed E-state index contributed by atoms with van der Waals surface area (Å²) >= 11 is 0. The molecule has 0 aliphatic heterocycles. The van der Waals surface area contributed by atoms with Crippen molar-refractivity contribution in [3.8, 4) is 5.75 Å². The first-order valence-electron chi connectivity index (χ1n) is 10.8. The fourth-order valence-electron chi connectivity index (χ4n) is 3.10. The number of aryl methyl sites for hydroxylation is 1. The second kappa shape index (κ2) is 13.2. The highest BCUT2D eigenvalue weighted by molar-refractivity contribution is 5.85. The zero-order chi connectivity index (χ0) is 25.8. The predicted octanol–water partition coefficient (Wildman–Crippen LogP) is 3.32. The van der Waals surface area contributed by atoms with Gasteiger partial charge in [-0.2, -0.15) is 0 Å². The van der Waals surface area contributed by atoms with E-state index in [1.807, 2.05) is 19.1 Å². The van der Waals surface area contributed by atoms with Crippen molar-refractivity contribution in [2.45, 2.75) is 45.0 Å². The molecule has 0 saturated heterocycles. The van der Waals surface area contributed by atoms with E-state index in [9.17, 15) is 27.6 Å². The van der Waals surface area contributed by atoms with E-state index in [0.717, 1.165) is 23.5 Å². The van der Waals surface area contributed by atoms with Gasteiger partial charge in [0, 0.05) is 19.2 Å². The lowest BCUT2D eigenvalue weighted by atomic mass is 10.0. The molecule has 0 spiro atoms. The van der Waals surface area contributed by atoms with E-state index in [1.165, 1.54) is 12.1 Å². The zero-order valence-corrected chi connectivity index (χ0v) is 19.0. The van der Waals surface area contributed by atoms with Gasteiger partial charge in [-0.3, -0.25) is 14.4 Å². The molecule has 0 aliphatic carbocycles. The summed E-state index contributed by atoms with van der Waals surface area (Å²) in [7, 11) is 0. The molecule has 0 saturated carbocycles. The molecule has 1 aromatic heterocycles. The van der Waals surface area contributed by atoms with Crippen molar-refractivity contribution >= 4 is 23.6 Å². The van der Waals surface area contributed by atoms with Gasteiger partial charge in [-0.15, -0.1) is 13.2 Å². The predicted molar refractivity (Wildman–Crippen MR) is 121 cm³/mol. The van der Waals surface area contributed by atoms with Crippen molar-refractivity contribution in [3.05, 3.63) is 53.7 Å². The molecule has 0 radical (unpaired) electrons. The monoisotopic (exact) mass is 496 g/mol. The van der Waals surface area contributed by atoms with Gasteiger partial charge in [0.2, 0.25) is 11.8 Å². The summed E-state index contributed by atoms with van der Waals surface area (Å²) in [4.78, 5) is 39.5. The number of benzene rings is 1. The highest BCUT2D eigenvalue weighted by atomic mass is 19.4. The number of unbranched alkanes of at least 4 members (excludes halogenated alkanes) is 1. The fraction of sp³-hybridized carbons (Fsp3) is 0.391. The average Bonchev–Trinajstić information content (AvgIpc) is 2.76. The van der Waals surface area contributed by atoms with Crippen LogP contribution in [0.3, 0.4) is 0 Å². The van der Waals surface area contributed by atoms with Crippen LogP contribution in [0, 0.1) is 6.92 Å². The van der Waals surface area contributed by atoms with Gasteiger partial charge in [-0.25, -0.2) is 4.98 Å². The third-order valence-electron chi connectivity index (χ3n) is 4.73. The van der Waals surface area contributed by atoms with E-state index in [-0.39, 0.29) is 24.4 Å². The number of aromatic nitrogens is 1. The van der Waals surface area contributed by atoms with Crippen LogP contribution in [0.2, 0.25) is 0 Å². The molecule has 0 bridgehead atoms. The van der Waals surface area contributed by atoms with Gasteiger partial charge < -0.3 is 25.8 Å². The maximum Gasteiger partial charge on any atom is 0.573 e. The Bertz CT molecular complexity index is 999. The van der Waals surface area contributed by atoms with Crippen molar-refractivity contribution in [1.29, 1.82) is 0 Å². The maximum atomic E-state index is 12.3.